The average molecular weight is 397 g/mol. The molecule has 6 nitrogen and oxygen atoms in total. The Morgan fingerprint density at radius 1 is 1.37 bits per heavy atom. The highest BCUT2D eigenvalue weighted by atomic mass is 35.5. The minimum absolute atomic E-state index is 0.103. The van der Waals surface area contributed by atoms with Crippen LogP contribution >= 0.6 is 11.6 Å². The Hall–Kier alpha value is -1.34. The Morgan fingerprint density at radius 2 is 2.19 bits per heavy atom. The van der Waals surface area contributed by atoms with E-state index in [4.69, 9.17) is 25.8 Å². The van der Waals surface area contributed by atoms with Crippen molar-refractivity contribution in [3.05, 3.63) is 28.3 Å². The lowest BCUT2D eigenvalue weighted by atomic mass is 9.95. The fourth-order valence-corrected chi connectivity index (χ4v) is 3.91. The van der Waals surface area contributed by atoms with Crippen LogP contribution in [-0.4, -0.2) is 50.4 Å². The van der Waals surface area contributed by atoms with Crippen molar-refractivity contribution >= 4 is 17.5 Å². The average Bonchev–Trinajstić information content (AvgIpc) is 2.68. The molecule has 27 heavy (non-hydrogen) atoms. The lowest BCUT2D eigenvalue weighted by molar-refractivity contribution is -0.126. The van der Waals surface area contributed by atoms with Crippen LogP contribution in [0.25, 0.3) is 0 Å². The van der Waals surface area contributed by atoms with E-state index in [1.165, 1.54) is 0 Å². The van der Waals surface area contributed by atoms with Crippen LogP contribution < -0.4 is 10.1 Å². The Bertz CT molecular complexity index is 633. The van der Waals surface area contributed by atoms with Gasteiger partial charge in [0, 0.05) is 48.4 Å². The standard InChI is InChI=1S/C20H29ClN2O4/c1-2-25-9-3-6-22-20(24)15-4-7-23(8-5-15)12-16-10-18(21)11-17-13-26-14-27-19(16)17/h10-11,15H,2-9,12-14H2,1H3,(H,22,24). The predicted molar refractivity (Wildman–Crippen MR) is 104 cm³/mol. The van der Waals surface area contributed by atoms with E-state index >= 15 is 0 Å². The van der Waals surface area contributed by atoms with Gasteiger partial charge in [-0.1, -0.05) is 11.6 Å². The van der Waals surface area contributed by atoms with E-state index < -0.39 is 0 Å². The number of likely N-dealkylation sites (tertiary alicyclic amines) is 1. The number of carbonyl (C=O) groups is 1. The minimum Gasteiger partial charge on any atom is -0.467 e. The van der Waals surface area contributed by atoms with Gasteiger partial charge in [0.1, 0.15) is 5.75 Å². The number of benzene rings is 1. The Morgan fingerprint density at radius 3 is 2.96 bits per heavy atom. The number of nitrogens with one attached hydrogen (secondary N) is 1. The quantitative estimate of drug-likeness (QED) is 0.684. The molecule has 0 spiro atoms. The summed E-state index contributed by atoms with van der Waals surface area (Å²) in [4.78, 5) is 14.7. The second-order valence-corrected chi connectivity index (χ2v) is 7.49. The van der Waals surface area contributed by atoms with E-state index in [0.29, 0.717) is 24.8 Å². The molecule has 2 heterocycles. The van der Waals surface area contributed by atoms with Gasteiger partial charge in [-0.3, -0.25) is 9.69 Å². The molecule has 1 aromatic rings. The maximum atomic E-state index is 12.3. The molecular weight excluding hydrogens is 368 g/mol. The van der Waals surface area contributed by atoms with Crippen LogP contribution in [0.5, 0.6) is 5.75 Å². The van der Waals surface area contributed by atoms with E-state index in [1.54, 1.807) is 0 Å². The molecule has 2 aliphatic rings. The number of hydrogen-bond acceptors (Lipinski definition) is 5. The molecule has 0 bridgehead atoms. The normalized spacial score (nSPS) is 18.0. The molecule has 1 N–H and O–H groups in total. The van der Waals surface area contributed by atoms with Crippen LogP contribution in [0.15, 0.2) is 12.1 Å². The van der Waals surface area contributed by atoms with Gasteiger partial charge in [0.2, 0.25) is 5.91 Å². The number of piperidine rings is 1. The van der Waals surface area contributed by atoms with Crippen molar-refractivity contribution < 1.29 is 19.0 Å². The molecule has 1 fully saturated rings. The number of hydrogen-bond donors (Lipinski definition) is 1. The maximum Gasteiger partial charge on any atom is 0.223 e. The first kappa shape index (κ1) is 20.4. The number of fused-ring (bicyclic) bond motifs is 1. The van der Waals surface area contributed by atoms with Crippen LogP contribution in [0.4, 0.5) is 0 Å². The van der Waals surface area contributed by atoms with Crippen LogP contribution in [0.3, 0.4) is 0 Å². The van der Waals surface area contributed by atoms with Gasteiger partial charge in [-0.2, -0.15) is 0 Å². The van der Waals surface area contributed by atoms with Crippen molar-refractivity contribution in [1.29, 1.82) is 0 Å². The Labute approximate surface area is 166 Å². The van der Waals surface area contributed by atoms with Crippen LogP contribution in [0.2, 0.25) is 5.02 Å². The summed E-state index contributed by atoms with van der Waals surface area (Å²) in [5.41, 5.74) is 2.10. The third-order valence-corrected chi connectivity index (χ3v) is 5.29. The van der Waals surface area contributed by atoms with Crippen molar-refractivity contribution in [2.45, 2.75) is 39.3 Å². The largest absolute Gasteiger partial charge is 0.467 e. The SMILES string of the molecule is CCOCCCNC(=O)C1CCN(Cc2cc(Cl)cc3c2OCOC3)CC1. The fourth-order valence-electron chi connectivity index (χ4n) is 3.64. The molecule has 1 amide bonds. The van der Waals surface area contributed by atoms with Crippen LogP contribution in [-0.2, 0) is 27.4 Å². The first-order chi connectivity index (χ1) is 13.2. The summed E-state index contributed by atoms with van der Waals surface area (Å²) in [7, 11) is 0. The smallest absolute Gasteiger partial charge is 0.223 e. The lowest BCUT2D eigenvalue weighted by Crippen LogP contribution is -2.40. The van der Waals surface area contributed by atoms with Gasteiger partial charge >= 0.3 is 0 Å². The first-order valence-electron chi connectivity index (χ1n) is 9.77. The molecule has 3 rings (SSSR count). The molecule has 0 radical (unpaired) electrons. The predicted octanol–water partition coefficient (Wildman–Crippen LogP) is 2.96. The van der Waals surface area contributed by atoms with E-state index in [1.807, 2.05) is 19.1 Å². The number of amides is 1. The molecule has 1 aromatic carbocycles. The zero-order valence-corrected chi connectivity index (χ0v) is 16.7. The summed E-state index contributed by atoms with van der Waals surface area (Å²) in [5.74, 6) is 1.18. The van der Waals surface area contributed by atoms with E-state index in [2.05, 4.69) is 10.2 Å². The molecule has 0 unspecified atom stereocenters. The number of halogens is 1. The molecule has 0 aliphatic carbocycles. The van der Waals surface area contributed by atoms with E-state index in [9.17, 15) is 4.79 Å². The number of rotatable bonds is 8. The van der Waals surface area contributed by atoms with Crippen molar-refractivity contribution in [1.82, 2.24) is 10.2 Å². The highest BCUT2D eigenvalue weighted by Gasteiger charge is 2.26. The molecule has 0 saturated carbocycles. The number of ether oxygens (including phenoxy) is 3. The van der Waals surface area contributed by atoms with Gasteiger partial charge < -0.3 is 19.5 Å². The molecule has 7 heteroatoms. The zero-order valence-electron chi connectivity index (χ0n) is 16.0. The van der Waals surface area contributed by atoms with E-state index in [-0.39, 0.29) is 18.6 Å². The minimum atomic E-state index is 0.103. The molecule has 150 valence electrons. The molecule has 0 aromatic heterocycles. The van der Waals surface area contributed by atoms with Crippen LogP contribution in [0.1, 0.15) is 37.3 Å². The van der Waals surface area contributed by atoms with Gasteiger partial charge in [-0.05, 0) is 51.4 Å². The summed E-state index contributed by atoms with van der Waals surface area (Å²) in [5, 5.41) is 3.74. The third kappa shape index (κ3) is 5.82. The molecule has 0 atom stereocenters. The molecular formula is C20H29ClN2O4. The maximum absolute atomic E-state index is 12.3. The summed E-state index contributed by atoms with van der Waals surface area (Å²) < 4.78 is 16.3. The Kier molecular flexibility index (Phi) is 7.76. The second kappa shape index (κ2) is 10.3. The van der Waals surface area contributed by atoms with Crippen molar-refractivity contribution in [3.63, 3.8) is 0 Å². The van der Waals surface area contributed by atoms with Crippen molar-refractivity contribution in [3.8, 4) is 5.75 Å². The topological polar surface area (TPSA) is 60.0 Å². The highest BCUT2D eigenvalue weighted by Crippen LogP contribution is 2.33. The van der Waals surface area contributed by atoms with E-state index in [0.717, 1.165) is 62.4 Å². The van der Waals surface area contributed by atoms with Crippen molar-refractivity contribution in [2.75, 3.05) is 39.6 Å². The molecule has 2 aliphatic heterocycles. The summed E-state index contributed by atoms with van der Waals surface area (Å²) in [6.45, 7) is 7.49. The summed E-state index contributed by atoms with van der Waals surface area (Å²) in [6.07, 6.45) is 2.62. The van der Waals surface area contributed by atoms with Gasteiger partial charge in [0.05, 0.1) is 6.61 Å². The number of nitrogens with zero attached hydrogens (tertiary/aromatic N) is 1. The van der Waals surface area contributed by atoms with Crippen molar-refractivity contribution in [2.24, 2.45) is 5.92 Å². The Balaban J connectivity index is 1.46. The third-order valence-electron chi connectivity index (χ3n) is 5.07. The van der Waals surface area contributed by atoms with Gasteiger partial charge in [-0.25, -0.2) is 0 Å². The molecule has 1 saturated heterocycles. The number of carbonyl (C=O) groups excluding carboxylic acids is 1. The highest BCUT2D eigenvalue weighted by molar-refractivity contribution is 6.30. The first-order valence-corrected chi connectivity index (χ1v) is 10.1. The summed E-state index contributed by atoms with van der Waals surface area (Å²) >= 11 is 6.25. The lowest BCUT2D eigenvalue weighted by Gasteiger charge is -2.32. The van der Waals surface area contributed by atoms with Gasteiger partial charge in [-0.15, -0.1) is 0 Å². The van der Waals surface area contributed by atoms with Gasteiger partial charge in [0.25, 0.3) is 0 Å². The monoisotopic (exact) mass is 396 g/mol. The van der Waals surface area contributed by atoms with Crippen LogP contribution in [0, 0.1) is 5.92 Å². The zero-order chi connectivity index (χ0) is 19.1. The van der Waals surface area contributed by atoms with Gasteiger partial charge in [0.15, 0.2) is 6.79 Å². The summed E-state index contributed by atoms with van der Waals surface area (Å²) in [6, 6.07) is 3.88. The second-order valence-electron chi connectivity index (χ2n) is 7.06. The fraction of sp³-hybridized carbons (Fsp3) is 0.650.